The zero-order valence-electron chi connectivity index (χ0n) is 14.9. The number of benzene rings is 1. The first-order valence-corrected chi connectivity index (χ1v) is 8.04. The molecular formula is C18H26IN5O. The van der Waals surface area contributed by atoms with Gasteiger partial charge >= 0.3 is 0 Å². The smallest absolute Gasteiger partial charge is 0.246 e. The standard InChI is InChI=1S/C18H25N5O.HI/c1-4-19-18(23(3)14-16-11-8-12-22(16)2)20-13-17(24)21-15-9-6-5-7-10-15;/h5-12H,4,13-14H2,1-3H3,(H,19,20)(H,21,24);1H. The first kappa shape index (κ1) is 21.0. The van der Waals surface area contributed by atoms with Gasteiger partial charge in [-0.2, -0.15) is 0 Å². The van der Waals surface area contributed by atoms with Crippen molar-refractivity contribution in [2.24, 2.45) is 12.0 Å². The molecule has 2 N–H and O–H groups in total. The summed E-state index contributed by atoms with van der Waals surface area (Å²) in [6.07, 6.45) is 2.01. The Morgan fingerprint density at radius 3 is 2.52 bits per heavy atom. The van der Waals surface area contributed by atoms with Crippen LogP contribution in [0.15, 0.2) is 53.7 Å². The van der Waals surface area contributed by atoms with Gasteiger partial charge in [0.1, 0.15) is 6.54 Å². The Morgan fingerprint density at radius 1 is 1.20 bits per heavy atom. The van der Waals surface area contributed by atoms with Crippen molar-refractivity contribution in [1.29, 1.82) is 0 Å². The number of hydrogen-bond acceptors (Lipinski definition) is 2. The predicted octanol–water partition coefficient (Wildman–Crippen LogP) is 2.68. The summed E-state index contributed by atoms with van der Waals surface area (Å²) in [5.74, 6) is 0.575. The van der Waals surface area contributed by atoms with Crippen molar-refractivity contribution in [1.82, 2.24) is 14.8 Å². The van der Waals surface area contributed by atoms with Gasteiger partial charge in [0.2, 0.25) is 5.91 Å². The molecule has 136 valence electrons. The number of rotatable bonds is 6. The van der Waals surface area contributed by atoms with E-state index in [4.69, 9.17) is 0 Å². The molecule has 0 unspecified atom stereocenters. The number of aliphatic imine (C=N–C) groups is 1. The molecule has 0 aliphatic rings. The van der Waals surface area contributed by atoms with Gasteiger partial charge in [-0.15, -0.1) is 24.0 Å². The molecule has 1 aromatic carbocycles. The van der Waals surface area contributed by atoms with Gasteiger partial charge in [-0.3, -0.25) is 4.79 Å². The maximum Gasteiger partial charge on any atom is 0.246 e. The molecule has 1 heterocycles. The topological polar surface area (TPSA) is 61.7 Å². The molecule has 0 aliphatic carbocycles. The maximum absolute atomic E-state index is 12.0. The highest BCUT2D eigenvalue weighted by molar-refractivity contribution is 14.0. The minimum atomic E-state index is -0.135. The Hall–Kier alpha value is -2.03. The molecule has 2 rings (SSSR count). The van der Waals surface area contributed by atoms with Crippen LogP contribution < -0.4 is 10.6 Å². The first-order valence-electron chi connectivity index (χ1n) is 8.04. The number of amides is 1. The molecule has 7 heteroatoms. The normalized spacial score (nSPS) is 10.8. The molecule has 0 saturated carbocycles. The van der Waals surface area contributed by atoms with E-state index in [1.54, 1.807) is 0 Å². The molecule has 0 aliphatic heterocycles. The second-order valence-corrected chi connectivity index (χ2v) is 5.55. The van der Waals surface area contributed by atoms with Crippen LogP contribution in [0.4, 0.5) is 5.69 Å². The Morgan fingerprint density at radius 2 is 1.92 bits per heavy atom. The number of aryl methyl sites for hydroxylation is 1. The predicted molar refractivity (Wildman–Crippen MR) is 113 cm³/mol. The van der Waals surface area contributed by atoms with E-state index in [0.717, 1.165) is 18.8 Å². The second kappa shape index (κ2) is 10.8. The lowest BCUT2D eigenvalue weighted by Gasteiger charge is -2.22. The third kappa shape index (κ3) is 6.77. The van der Waals surface area contributed by atoms with Gasteiger partial charge in [0.05, 0.1) is 6.54 Å². The lowest BCUT2D eigenvalue weighted by molar-refractivity contribution is -0.114. The number of guanidine groups is 1. The average molecular weight is 455 g/mol. The highest BCUT2D eigenvalue weighted by Crippen LogP contribution is 2.05. The summed E-state index contributed by atoms with van der Waals surface area (Å²) >= 11 is 0. The number of carbonyl (C=O) groups is 1. The summed E-state index contributed by atoms with van der Waals surface area (Å²) in [5, 5.41) is 6.06. The minimum absolute atomic E-state index is 0. The summed E-state index contributed by atoms with van der Waals surface area (Å²) in [7, 11) is 3.98. The van der Waals surface area contributed by atoms with E-state index < -0.39 is 0 Å². The molecule has 0 atom stereocenters. The molecule has 0 fully saturated rings. The summed E-state index contributed by atoms with van der Waals surface area (Å²) in [6.45, 7) is 3.55. The molecule has 0 saturated heterocycles. The van der Waals surface area contributed by atoms with E-state index in [-0.39, 0.29) is 36.4 Å². The van der Waals surface area contributed by atoms with Crippen LogP contribution in [-0.2, 0) is 18.4 Å². The third-order valence-corrected chi connectivity index (χ3v) is 3.58. The molecule has 2 aromatic rings. The molecule has 1 amide bonds. The molecule has 6 nitrogen and oxygen atoms in total. The zero-order valence-corrected chi connectivity index (χ0v) is 17.2. The van der Waals surface area contributed by atoms with Crippen molar-refractivity contribution < 1.29 is 4.79 Å². The van der Waals surface area contributed by atoms with Crippen LogP contribution in [0.2, 0.25) is 0 Å². The van der Waals surface area contributed by atoms with Crippen molar-refractivity contribution in [3.63, 3.8) is 0 Å². The maximum atomic E-state index is 12.0. The Kier molecular flexibility index (Phi) is 9.04. The van der Waals surface area contributed by atoms with Crippen LogP contribution in [-0.4, -0.2) is 41.5 Å². The summed E-state index contributed by atoms with van der Waals surface area (Å²) in [4.78, 5) is 18.5. The second-order valence-electron chi connectivity index (χ2n) is 5.55. The van der Waals surface area contributed by atoms with Gasteiger partial charge in [-0.1, -0.05) is 18.2 Å². The van der Waals surface area contributed by atoms with Crippen molar-refractivity contribution in [2.45, 2.75) is 13.5 Å². The molecule has 25 heavy (non-hydrogen) atoms. The van der Waals surface area contributed by atoms with E-state index in [1.165, 1.54) is 5.69 Å². The van der Waals surface area contributed by atoms with Crippen LogP contribution >= 0.6 is 24.0 Å². The van der Waals surface area contributed by atoms with Gasteiger partial charge in [0, 0.05) is 38.2 Å². The fraction of sp³-hybridized carbons (Fsp3) is 0.333. The number of carbonyl (C=O) groups excluding carboxylic acids is 1. The Labute approximate surface area is 166 Å². The molecular weight excluding hydrogens is 429 g/mol. The van der Waals surface area contributed by atoms with Crippen LogP contribution in [0.25, 0.3) is 0 Å². The quantitative estimate of drug-likeness (QED) is 0.400. The molecule has 1 aromatic heterocycles. The highest BCUT2D eigenvalue weighted by atomic mass is 127. The fourth-order valence-electron chi connectivity index (χ4n) is 2.32. The number of anilines is 1. The number of halogens is 1. The highest BCUT2D eigenvalue weighted by Gasteiger charge is 2.09. The van der Waals surface area contributed by atoms with Crippen LogP contribution in [0.3, 0.4) is 0 Å². The van der Waals surface area contributed by atoms with Crippen LogP contribution in [0, 0.1) is 0 Å². The number of para-hydroxylation sites is 1. The third-order valence-electron chi connectivity index (χ3n) is 3.58. The summed E-state index contributed by atoms with van der Waals surface area (Å²) in [6, 6.07) is 13.5. The van der Waals surface area contributed by atoms with Gasteiger partial charge in [-0.05, 0) is 31.2 Å². The van der Waals surface area contributed by atoms with E-state index in [2.05, 4.69) is 26.3 Å². The summed E-state index contributed by atoms with van der Waals surface area (Å²) in [5.41, 5.74) is 1.96. The lowest BCUT2D eigenvalue weighted by Crippen LogP contribution is -2.39. The molecule has 0 radical (unpaired) electrons. The van der Waals surface area contributed by atoms with Crippen molar-refractivity contribution in [2.75, 3.05) is 25.5 Å². The van der Waals surface area contributed by atoms with Crippen molar-refractivity contribution in [3.8, 4) is 0 Å². The Bertz CT molecular complexity index is 684. The molecule has 0 spiro atoms. The van der Waals surface area contributed by atoms with Crippen molar-refractivity contribution >= 4 is 41.5 Å². The van der Waals surface area contributed by atoms with E-state index >= 15 is 0 Å². The number of aromatic nitrogens is 1. The first-order chi connectivity index (χ1) is 11.6. The lowest BCUT2D eigenvalue weighted by atomic mass is 10.3. The molecule has 0 bridgehead atoms. The zero-order chi connectivity index (χ0) is 17.4. The van der Waals surface area contributed by atoms with Gasteiger partial charge in [0.15, 0.2) is 5.96 Å². The SMILES string of the molecule is CCNC(=NCC(=O)Nc1ccccc1)N(C)Cc1cccn1C.I. The number of nitrogens with zero attached hydrogens (tertiary/aromatic N) is 3. The fourth-order valence-corrected chi connectivity index (χ4v) is 2.32. The van der Waals surface area contributed by atoms with Crippen molar-refractivity contribution in [3.05, 3.63) is 54.4 Å². The van der Waals surface area contributed by atoms with Crippen LogP contribution in [0.5, 0.6) is 0 Å². The van der Waals surface area contributed by atoms with Gasteiger partial charge in [0.25, 0.3) is 0 Å². The number of nitrogens with one attached hydrogen (secondary N) is 2. The number of hydrogen-bond donors (Lipinski definition) is 2. The van der Waals surface area contributed by atoms with Crippen LogP contribution in [0.1, 0.15) is 12.6 Å². The largest absolute Gasteiger partial charge is 0.357 e. The van der Waals surface area contributed by atoms with Gasteiger partial charge < -0.3 is 20.1 Å². The summed E-state index contributed by atoms with van der Waals surface area (Å²) < 4.78 is 2.07. The van der Waals surface area contributed by atoms with E-state index in [9.17, 15) is 4.79 Å². The minimum Gasteiger partial charge on any atom is -0.357 e. The average Bonchev–Trinajstić information content (AvgIpc) is 2.97. The monoisotopic (exact) mass is 455 g/mol. The van der Waals surface area contributed by atoms with Gasteiger partial charge in [-0.25, -0.2) is 4.99 Å². The van der Waals surface area contributed by atoms with E-state index in [0.29, 0.717) is 5.96 Å². The Balaban J connectivity index is 0.00000312. The van der Waals surface area contributed by atoms with E-state index in [1.807, 2.05) is 68.5 Å².